The van der Waals surface area contributed by atoms with Crippen molar-refractivity contribution in [1.29, 1.82) is 0 Å². The number of aryl methyl sites for hydroxylation is 2. The molecule has 0 fully saturated rings. The summed E-state index contributed by atoms with van der Waals surface area (Å²) in [7, 11) is -1.60. The topological polar surface area (TPSA) is 68.2 Å². The molecule has 2 aromatic rings. The Bertz CT molecular complexity index is 797. The molecule has 0 aliphatic heterocycles. The van der Waals surface area contributed by atoms with E-state index >= 15 is 0 Å². The maximum atomic E-state index is 11.7. The molecular formula is C15H18N2O3S. The van der Waals surface area contributed by atoms with Crippen LogP contribution in [0.3, 0.4) is 0 Å². The number of nitrogens with one attached hydrogen (secondary N) is 1. The number of sulfonamides is 1. The van der Waals surface area contributed by atoms with Gasteiger partial charge in [0, 0.05) is 24.5 Å². The second kappa shape index (κ2) is 5.73. The summed E-state index contributed by atoms with van der Waals surface area (Å²) in [6, 6.07) is 8.92. The minimum Gasteiger partial charge on any atom is -0.318 e. The molecule has 2 rings (SSSR count). The molecule has 1 N–H and O–H groups in total. The number of pyridine rings is 1. The molecule has 21 heavy (non-hydrogen) atoms. The minimum absolute atomic E-state index is 0.0240. The molecular weight excluding hydrogens is 288 g/mol. The fourth-order valence-corrected chi connectivity index (χ4v) is 2.68. The van der Waals surface area contributed by atoms with Crippen LogP contribution in [-0.2, 0) is 17.1 Å². The van der Waals surface area contributed by atoms with Crippen LogP contribution in [0.4, 0.5) is 5.69 Å². The molecule has 5 nitrogen and oxygen atoms in total. The molecule has 112 valence electrons. The molecule has 0 aliphatic carbocycles. The van der Waals surface area contributed by atoms with Crippen molar-refractivity contribution in [3.8, 4) is 11.1 Å². The zero-order chi connectivity index (χ0) is 15.6. The van der Waals surface area contributed by atoms with Crippen molar-refractivity contribution in [3.05, 3.63) is 52.4 Å². The highest BCUT2D eigenvalue weighted by atomic mass is 32.2. The van der Waals surface area contributed by atoms with E-state index in [0.717, 1.165) is 11.1 Å². The maximum Gasteiger partial charge on any atom is 0.253 e. The van der Waals surface area contributed by atoms with Gasteiger partial charge in [-0.3, -0.25) is 9.52 Å². The predicted octanol–water partition coefficient (Wildman–Crippen LogP) is 2.12. The van der Waals surface area contributed by atoms with Gasteiger partial charge in [-0.2, -0.15) is 0 Å². The predicted molar refractivity (Wildman–Crippen MR) is 84.9 cm³/mol. The van der Waals surface area contributed by atoms with Crippen LogP contribution in [0.1, 0.15) is 12.5 Å². The molecule has 0 aliphatic rings. The number of nitrogens with zero attached hydrogens (tertiary/aromatic N) is 1. The highest BCUT2D eigenvalue weighted by molar-refractivity contribution is 7.92. The first kappa shape index (κ1) is 15.3. The van der Waals surface area contributed by atoms with Gasteiger partial charge in [0.2, 0.25) is 10.0 Å². The van der Waals surface area contributed by atoms with Crippen molar-refractivity contribution in [2.24, 2.45) is 7.05 Å². The smallest absolute Gasteiger partial charge is 0.253 e. The Morgan fingerprint density at radius 2 is 1.90 bits per heavy atom. The van der Waals surface area contributed by atoms with E-state index in [-0.39, 0.29) is 11.3 Å². The van der Waals surface area contributed by atoms with Crippen LogP contribution in [0, 0.1) is 6.92 Å². The van der Waals surface area contributed by atoms with Gasteiger partial charge >= 0.3 is 0 Å². The second-order valence-corrected chi connectivity index (χ2v) is 6.93. The average molecular weight is 306 g/mol. The number of benzene rings is 1. The minimum atomic E-state index is -3.30. The maximum absolute atomic E-state index is 11.7. The molecule has 0 spiro atoms. The molecule has 6 heteroatoms. The van der Waals surface area contributed by atoms with Gasteiger partial charge in [-0.15, -0.1) is 0 Å². The summed E-state index contributed by atoms with van der Waals surface area (Å²) in [5, 5.41) is 0. The molecule has 1 aromatic heterocycles. The molecule has 0 saturated carbocycles. The van der Waals surface area contributed by atoms with Crippen molar-refractivity contribution >= 4 is 15.7 Å². The Balaban J connectivity index is 2.45. The summed E-state index contributed by atoms with van der Waals surface area (Å²) in [4.78, 5) is 11.7. The third kappa shape index (κ3) is 3.52. The Labute approximate surface area is 124 Å². The van der Waals surface area contributed by atoms with E-state index in [9.17, 15) is 13.2 Å². The van der Waals surface area contributed by atoms with E-state index in [1.54, 1.807) is 51.4 Å². The van der Waals surface area contributed by atoms with Gasteiger partial charge in [-0.05, 0) is 43.2 Å². The Hall–Kier alpha value is -2.08. The lowest BCUT2D eigenvalue weighted by Crippen LogP contribution is -2.18. The van der Waals surface area contributed by atoms with Crippen LogP contribution < -0.4 is 10.3 Å². The summed E-state index contributed by atoms with van der Waals surface area (Å²) < 4.78 is 27.3. The Kier molecular flexibility index (Phi) is 4.18. The lowest BCUT2D eigenvalue weighted by molar-refractivity contribution is 0.602. The highest BCUT2D eigenvalue weighted by Crippen LogP contribution is 2.23. The summed E-state index contributed by atoms with van der Waals surface area (Å²) in [5.41, 5.74) is 2.84. The molecule has 0 radical (unpaired) electrons. The summed E-state index contributed by atoms with van der Waals surface area (Å²) in [6.45, 7) is 3.35. The van der Waals surface area contributed by atoms with Crippen molar-refractivity contribution in [2.75, 3.05) is 10.5 Å². The lowest BCUT2D eigenvalue weighted by atomic mass is 10.1. The standard InChI is InChI=1S/C15H18N2O3S/c1-4-21(19,20)16-14-7-5-6-12(9-14)13-8-11(2)15(18)17(3)10-13/h5-10,16H,4H2,1-3H3. The van der Waals surface area contributed by atoms with Gasteiger partial charge < -0.3 is 4.57 Å². The summed E-state index contributed by atoms with van der Waals surface area (Å²) >= 11 is 0. The number of anilines is 1. The van der Waals surface area contributed by atoms with Crippen LogP contribution in [-0.4, -0.2) is 18.7 Å². The van der Waals surface area contributed by atoms with Gasteiger partial charge in [-0.25, -0.2) is 8.42 Å². The largest absolute Gasteiger partial charge is 0.318 e. The molecule has 0 amide bonds. The zero-order valence-corrected chi connectivity index (χ0v) is 13.1. The van der Waals surface area contributed by atoms with Crippen molar-refractivity contribution < 1.29 is 8.42 Å². The number of hydrogen-bond acceptors (Lipinski definition) is 3. The van der Waals surface area contributed by atoms with Crippen LogP contribution in [0.2, 0.25) is 0 Å². The molecule has 0 bridgehead atoms. The van der Waals surface area contributed by atoms with E-state index in [4.69, 9.17) is 0 Å². The first-order chi connectivity index (χ1) is 9.82. The SMILES string of the molecule is CCS(=O)(=O)Nc1cccc(-c2cc(C)c(=O)n(C)c2)c1. The van der Waals surface area contributed by atoms with Gasteiger partial charge in [0.15, 0.2) is 0 Å². The van der Waals surface area contributed by atoms with Crippen LogP contribution >= 0.6 is 0 Å². The Morgan fingerprint density at radius 3 is 2.52 bits per heavy atom. The van der Waals surface area contributed by atoms with E-state index in [2.05, 4.69) is 4.72 Å². The molecule has 0 atom stereocenters. The Morgan fingerprint density at radius 1 is 1.19 bits per heavy atom. The molecule has 1 aromatic carbocycles. The van der Waals surface area contributed by atoms with Gasteiger partial charge in [0.1, 0.15) is 0 Å². The quantitative estimate of drug-likeness (QED) is 0.941. The van der Waals surface area contributed by atoms with Gasteiger partial charge in [-0.1, -0.05) is 12.1 Å². The van der Waals surface area contributed by atoms with Crippen molar-refractivity contribution in [3.63, 3.8) is 0 Å². The zero-order valence-electron chi connectivity index (χ0n) is 12.3. The number of hydrogen-bond donors (Lipinski definition) is 1. The third-order valence-electron chi connectivity index (χ3n) is 3.21. The van der Waals surface area contributed by atoms with Crippen LogP contribution in [0.25, 0.3) is 11.1 Å². The fourth-order valence-electron chi connectivity index (χ4n) is 2.05. The third-order valence-corrected chi connectivity index (χ3v) is 4.52. The van der Waals surface area contributed by atoms with Crippen molar-refractivity contribution in [2.45, 2.75) is 13.8 Å². The first-order valence-corrected chi connectivity index (χ1v) is 8.26. The van der Waals surface area contributed by atoms with Crippen LogP contribution in [0.5, 0.6) is 0 Å². The fraction of sp³-hybridized carbons (Fsp3) is 0.267. The molecule has 0 saturated heterocycles. The van der Waals surface area contributed by atoms with Gasteiger partial charge in [0.25, 0.3) is 5.56 Å². The first-order valence-electron chi connectivity index (χ1n) is 6.60. The average Bonchev–Trinajstić information content (AvgIpc) is 2.44. The van der Waals surface area contributed by atoms with E-state index in [0.29, 0.717) is 11.3 Å². The van der Waals surface area contributed by atoms with E-state index in [1.807, 2.05) is 6.07 Å². The van der Waals surface area contributed by atoms with E-state index < -0.39 is 10.0 Å². The number of rotatable bonds is 4. The number of aromatic nitrogens is 1. The monoisotopic (exact) mass is 306 g/mol. The summed E-state index contributed by atoms with van der Waals surface area (Å²) in [6.07, 6.45) is 1.74. The highest BCUT2D eigenvalue weighted by Gasteiger charge is 2.08. The summed E-state index contributed by atoms with van der Waals surface area (Å²) in [5.74, 6) is 0.0240. The normalized spacial score (nSPS) is 11.4. The van der Waals surface area contributed by atoms with Crippen molar-refractivity contribution in [1.82, 2.24) is 4.57 Å². The van der Waals surface area contributed by atoms with Crippen LogP contribution in [0.15, 0.2) is 41.3 Å². The second-order valence-electron chi connectivity index (χ2n) is 4.91. The van der Waals surface area contributed by atoms with Gasteiger partial charge in [0.05, 0.1) is 5.75 Å². The molecule has 1 heterocycles. The molecule has 0 unspecified atom stereocenters. The lowest BCUT2D eigenvalue weighted by Gasteiger charge is -2.10. The van der Waals surface area contributed by atoms with E-state index in [1.165, 1.54) is 4.57 Å².